The molecule has 3 amide bonds. The number of hydrogen-bond donors (Lipinski definition) is 1. The van der Waals surface area contributed by atoms with E-state index in [4.69, 9.17) is 25.8 Å². The highest BCUT2D eigenvalue weighted by Crippen LogP contribution is 2.40. The van der Waals surface area contributed by atoms with E-state index in [1.165, 1.54) is 18.4 Å². The van der Waals surface area contributed by atoms with Gasteiger partial charge in [0.1, 0.15) is 18.2 Å². The maximum atomic E-state index is 13.2. The minimum absolute atomic E-state index is 0.171. The van der Waals surface area contributed by atoms with Crippen LogP contribution in [0.4, 0.5) is 9.80 Å². The number of fused-ring (bicyclic) bond motifs is 1. The van der Waals surface area contributed by atoms with Crippen molar-refractivity contribution in [1.29, 1.82) is 0 Å². The third kappa shape index (κ3) is 7.08. The van der Waals surface area contributed by atoms with Gasteiger partial charge in [-0.2, -0.15) is 0 Å². The molecule has 13 heteroatoms. The second-order valence-electron chi connectivity index (χ2n) is 9.87. The highest BCUT2D eigenvalue weighted by molar-refractivity contribution is 14.1. The predicted molar refractivity (Wildman–Crippen MR) is 180 cm³/mol. The number of anilines is 1. The lowest BCUT2D eigenvalue weighted by Gasteiger charge is -2.14. The summed E-state index contributed by atoms with van der Waals surface area (Å²) >= 11 is 10.5. The van der Waals surface area contributed by atoms with Crippen LogP contribution in [0.25, 0.3) is 6.08 Å². The van der Waals surface area contributed by atoms with Gasteiger partial charge < -0.3 is 19.5 Å². The third-order valence-corrected chi connectivity index (χ3v) is 10.2. The van der Waals surface area contributed by atoms with Crippen LogP contribution in [-0.4, -0.2) is 48.2 Å². The molecule has 0 radical (unpaired) electrons. The highest BCUT2D eigenvalue weighted by atomic mass is 127. The monoisotopic (exact) mass is 766 g/mol. The Morgan fingerprint density at radius 3 is 2.68 bits per heavy atom. The van der Waals surface area contributed by atoms with Crippen LogP contribution in [0.5, 0.6) is 11.5 Å². The quantitative estimate of drug-likeness (QED) is 0.130. The predicted octanol–water partition coefficient (Wildman–Crippen LogP) is 7.32. The first-order chi connectivity index (χ1) is 21.2. The number of nitrogens with one attached hydrogen (secondary N) is 1. The van der Waals surface area contributed by atoms with Crippen molar-refractivity contribution in [3.05, 3.63) is 77.0 Å². The molecule has 2 aromatic carbocycles. The van der Waals surface area contributed by atoms with Crippen molar-refractivity contribution < 1.29 is 33.4 Å². The maximum absolute atomic E-state index is 13.2. The number of thiophene rings is 1. The number of imide groups is 1. The zero-order chi connectivity index (χ0) is 31.4. The molecule has 1 aliphatic heterocycles. The molecule has 1 fully saturated rings. The van der Waals surface area contributed by atoms with Gasteiger partial charge in [0.2, 0.25) is 5.91 Å². The van der Waals surface area contributed by atoms with E-state index in [0.717, 1.165) is 61.9 Å². The molecular weight excluding hydrogens is 739 g/mol. The summed E-state index contributed by atoms with van der Waals surface area (Å²) in [6.45, 7) is 1.69. The van der Waals surface area contributed by atoms with Crippen molar-refractivity contribution in [2.24, 2.45) is 0 Å². The second-order valence-corrected chi connectivity index (χ2v) is 13.5. The molecule has 3 aromatic rings. The van der Waals surface area contributed by atoms with E-state index in [9.17, 15) is 19.2 Å². The second kappa shape index (κ2) is 14.4. The fourth-order valence-corrected chi connectivity index (χ4v) is 8.00. The van der Waals surface area contributed by atoms with Crippen LogP contribution in [0.1, 0.15) is 51.7 Å². The van der Waals surface area contributed by atoms with Crippen LogP contribution in [-0.2, 0) is 33.8 Å². The summed E-state index contributed by atoms with van der Waals surface area (Å²) in [5.41, 5.74) is 2.73. The number of aryl methyl sites for hydroxylation is 1. The number of hydrogen-bond acceptors (Lipinski definition) is 9. The molecule has 9 nitrogen and oxygen atoms in total. The van der Waals surface area contributed by atoms with Gasteiger partial charge in [-0.1, -0.05) is 29.8 Å². The Morgan fingerprint density at radius 2 is 1.93 bits per heavy atom. The van der Waals surface area contributed by atoms with E-state index in [2.05, 4.69) is 27.9 Å². The van der Waals surface area contributed by atoms with Crippen molar-refractivity contribution in [3.63, 3.8) is 0 Å². The Kier molecular flexibility index (Phi) is 10.5. The van der Waals surface area contributed by atoms with Crippen LogP contribution in [0, 0.1) is 3.57 Å². The zero-order valence-electron chi connectivity index (χ0n) is 23.9. The van der Waals surface area contributed by atoms with Gasteiger partial charge in [0.25, 0.3) is 11.1 Å². The zero-order valence-corrected chi connectivity index (χ0v) is 28.4. The number of carbonyl (C=O) groups excluding carboxylic acids is 4. The molecule has 0 unspecified atom stereocenters. The maximum Gasteiger partial charge on any atom is 0.341 e. The van der Waals surface area contributed by atoms with Crippen molar-refractivity contribution in [3.8, 4) is 11.5 Å². The Balaban J connectivity index is 1.29. The molecule has 230 valence electrons. The summed E-state index contributed by atoms with van der Waals surface area (Å²) in [4.78, 5) is 53.9. The summed E-state index contributed by atoms with van der Waals surface area (Å²) in [7, 11) is 1.52. The SMILES string of the molecule is CCOC(=O)c1c(NC(=O)CN2C(=O)SC(=Cc3cc(I)c(OCc4ccccc4Cl)c(OC)c3)C2=O)sc2c1CCCC2. The summed E-state index contributed by atoms with van der Waals surface area (Å²) in [6, 6.07) is 10.9. The average Bonchev–Trinajstić information content (AvgIpc) is 3.48. The number of carbonyl (C=O) groups is 4. The molecule has 0 spiro atoms. The smallest absolute Gasteiger partial charge is 0.341 e. The van der Waals surface area contributed by atoms with Crippen molar-refractivity contribution in [2.75, 3.05) is 25.6 Å². The number of thioether (sulfide) groups is 1. The summed E-state index contributed by atoms with van der Waals surface area (Å²) in [5.74, 6) is -0.674. The molecule has 5 rings (SSSR count). The van der Waals surface area contributed by atoms with Gasteiger partial charge in [-0.25, -0.2) is 4.79 Å². The topological polar surface area (TPSA) is 111 Å². The van der Waals surface area contributed by atoms with E-state index in [1.54, 1.807) is 31.2 Å². The lowest BCUT2D eigenvalue weighted by molar-refractivity contribution is -0.127. The first-order valence-corrected chi connectivity index (χ1v) is 16.9. The Hall–Kier alpha value is -3.07. The van der Waals surface area contributed by atoms with E-state index < -0.39 is 29.6 Å². The van der Waals surface area contributed by atoms with Crippen LogP contribution >= 0.6 is 57.3 Å². The Labute approximate surface area is 281 Å². The molecule has 0 bridgehead atoms. The number of amides is 3. The van der Waals surface area contributed by atoms with E-state index in [1.807, 2.05) is 18.2 Å². The summed E-state index contributed by atoms with van der Waals surface area (Å²) in [5, 5.41) is 3.18. The number of halogens is 2. The van der Waals surface area contributed by atoms with Gasteiger partial charge in [-0.05, 0) is 102 Å². The molecular formula is C31H28ClIN2O7S2. The first kappa shape index (κ1) is 32.3. The van der Waals surface area contributed by atoms with Gasteiger partial charge in [-0.3, -0.25) is 19.3 Å². The molecule has 1 aliphatic carbocycles. The molecule has 0 saturated carbocycles. The molecule has 2 aliphatic rings. The lowest BCUT2D eigenvalue weighted by Crippen LogP contribution is -2.36. The molecule has 0 atom stereocenters. The van der Waals surface area contributed by atoms with Gasteiger partial charge in [-0.15, -0.1) is 11.3 Å². The average molecular weight is 767 g/mol. The Bertz CT molecular complexity index is 1670. The Morgan fingerprint density at radius 1 is 1.16 bits per heavy atom. The number of benzene rings is 2. The molecule has 1 N–H and O–H groups in total. The van der Waals surface area contributed by atoms with Gasteiger partial charge in [0.15, 0.2) is 11.5 Å². The molecule has 44 heavy (non-hydrogen) atoms. The van der Waals surface area contributed by atoms with E-state index in [0.29, 0.717) is 32.6 Å². The van der Waals surface area contributed by atoms with Crippen LogP contribution in [0.2, 0.25) is 5.02 Å². The molecule has 1 saturated heterocycles. The summed E-state index contributed by atoms with van der Waals surface area (Å²) < 4.78 is 17.6. The fourth-order valence-electron chi connectivity index (χ4n) is 4.90. The highest BCUT2D eigenvalue weighted by Gasteiger charge is 2.37. The number of rotatable bonds is 10. The minimum atomic E-state index is -0.584. The van der Waals surface area contributed by atoms with E-state index >= 15 is 0 Å². The molecule has 1 aromatic heterocycles. The van der Waals surface area contributed by atoms with E-state index in [-0.39, 0.29) is 18.1 Å². The minimum Gasteiger partial charge on any atom is -0.493 e. The third-order valence-electron chi connectivity index (χ3n) is 6.96. The van der Waals surface area contributed by atoms with Gasteiger partial charge in [0.05, 0.1) is 27.8 Å². The van der Waals surface area contributed by atoms with Gasteiger partial charge >= 0.3 is 5.97 Å². The fraction of sp³-hybridized carbons (Fsp3) is 0.290. The molecule has 2 heterocycles. The number of nitrogens with zero attached hydrogens (tertiary/aromatic N) is 1. The largest absolute Gasteiger partial charge is 0.493 e. The van der Waals surface area contributed by atoms with Crippen molar-refractivity contribution in [2.45, 2.75) is 39.2 Å². The normalized spacial score (nSPS) is 15.4. The number of methoxy groups -OCH3 is 1. The number of esters is 1. The van der Waals surface area contributed by atoms with Crippen LogP contribution < -0.4 is 14.8 Å². The van der Waals surface area contributed by atoms with Gasteiger partial charge in [0, 0.05) is 15.5 Å². The van der Waals surface area contributed by atoms with Crippen molar-refractivity contribution >= 4 is 91.4 Å². The van der Waals surface area contributed by atoms with Crippen LogP contribution in [0.15, 0.2) is 41.3 Å². The summed E-state index contributed by atoms with van der Waals surface area (Å²) in [6.07, 6.45) is 5.11. The lowest BCUT2D eigenvalue weighted by atomic mass is 9.95. The number of ether oxygens (including phenoxy) is 3. The van der Waals surface area contributed by atoms with Crippen LogP contribution in [0.3, 0.4) is 0 Å². The van der Waals surface area contributed by atoms with Crippen molar-refractivity contribution in [1.82, 2.24) is 4.90 Å². The standard InChI is InChI=1S/C31H28ClIN2O7S2/c1-3-41-30(38)26-19-9-5-7-11-23(19)43-28(26)34-25(36)15-35-29(37)24(44-31(35)39)14-17-12-21(33)27(22(13-17)40-2)42-16-18-8-4-6-10-20(18)32/h4,6,8,10,12-14H,3,5,7,9,11,15-16H2,1-2H3,(H,34,36). The first-order valence-electron chi connectivity index (χ1n) is 13.8.